The Morgan fingerprint density at radius 1 is 0.514 bits per heavy atom. The molecule has 0 bridgehead atoms. The first-order chi connectivity index (χ1) is 51.6. The molecular formula is C74H76N16O16Si. The van der Waals surface area contributed by atoms with Crippen LogP contribution in [0.5, 0.6) is 34.5 Å². The highest BCUT2D eigenvalue weighted by Crippen LogP contribution is 2.40. The van der Waals surface area contributed by atoms with E-state index < -0.39 is 17.9 Å². The van der Waals surface area contributed by atoms with Crippen LogP contribution in [-0.4, -0.2) is 135 Å². The van der Waals surface area contributed by atoms with E-state index in [1.807, 2.05) is 95.6 Å². The summed E-state index contributed by atoms with van der Waals surface area (Å²) in [5, 5.41) is 23.4. The molecule has 0 aliphatic heterocycles. The first-order valence-corrected chi connectivity index (χ1v) is 35.5. The summed E-state index contributed by atoms with van der Waals surface area (Å²) in [7, 11) is 8.17. The van der Waals surface area contributed by atoms with E-state index >= 15 is 0 Å². The van der Waals surface area contributed by atoms with Crippen molar-refractivity contribution in [1.29, 1.82) is 0 Å². The number of nitrogen functional groups attached to an aromatic ring is 3. The average Bonchev–Trinajstić information content (AvgIpc) is 1.69. The number of fused-ring (bicyclic) bond motifs is 3. The predicted molar refractivity (Wildman–Crippen MR) is 403 cm³/mol. The molecule has 0 aliphatic carbocycles. The summed E-state index contributed by atoms with van der Waals surface area (Å²) in [5.74, 6) is 5.42. The summed E-state index contributed by atoms with van der Waals surface area (Å²) in [4.78, 5) is 101. The molecule has 9 N–H and O–H groups in total. The number of anilines is 4. The SMILES string of the molecule is COc1ccc(C(=O)Nc2ccc(-c3nc4ncccc4[nH]3)cc2)c(OC)c1OC.COc1cccc(OC)c1OC.C[Si](C)(C)CCOCn1c(-c2ccc(N)cc2)nc2cccnc21.Nc1cccnc1N.O=C=O.O=C=O.O=[N+]([O-])c1ccc(-c2nc3ncccc3[nH]2)cc1.O=[N+]([O-])c1ccccc1. The van der Waals surface area contributed by atoms with Gasteiger partial charge >= 0.3 is 12.3 Å². The van der Waals surface area contributed by atoms with Crippen LogP contribution in [0.15, 0.2) is 207 Å². The molecular weight excluding hydrogens is 1400 g/mol. The van der Waals surface area contributed by atoms with Crippen molar-refractivity contribution in [2.24, 2.45) is 0 Å². The van der Waals surface area contributed by atoms with Gasteiger partial charge < -0.3 is 65.6 Å². The van der Waals surface area contributed by atoms with Gasteiger partial charge in [-0.05, 0) is 140 Å². The maximum absolute atomic E-state index is 12.8. The first kappa shape index (κ1) is 81.7. The number of hydrogen-bond acceptors (Lipinski definition) is 26. The Kier molecular flexibility index (Phi) is 31.8. The number of benzene rings is 6. The topological polar surface area (TPSA) is 453 Å². The third-order valence-electron chi connectivity index (χ3n) is 14.5. The highest BCUT2D eigenvalue weighted by Gasteiger charge is 2.22. The normalized spacial score (nSPS) is 10.1. The summed E-state index contributed by atoms with van der Waals surface area (Å²) in [6, 6.07) is 54.0. The summed E-state index contributed by atoms with van der Waals surface area (Å²) < 4.78 is 39.2. The van der Waals surface area contributed by atoms with Crippen molar-refractivity contribution in [3.05, 3.63) is 233 Å². The number of carbonyl (C=O) groups excluding carboxylic acids is 5. The Morgan fingerprint density at radius 3 is 1.46 bits per heavy atom. The number of H-pyrrole nitrogens is 2. The minimum Gasteiger partial charge on any atom is -0.493 e. The number of ether oxygens (including phenoxy) is 7. The standard InChI is InChI=1S/C22H20N4O4.C18H24N4OSi.C12H8N4O2.C9H12O3.C6H5NO2.C5H7N3.2CO2/c1-28-17-11-10-15(18(29-2)19(17)30-3)22(27)24-14-8-6-13(7-9-14)20-25-16-5-4-12-23-21(16)26-20;1-24(2,3)12-11-23-13-22-17(14-6-8-15(19)9-7-14)21-16-5-4-10-20-18(16)22;17-16(18)9-5-3-8(4-6-9)11-14-10-2-1-7-13-12(10)15-11;1-10-7-5-4-6-8(11-2)9(7)12-3;8-7(9)6-4-2-1-3-5-6;6-4-2-1-3-8-5(4)7;2*2-1-3/h4-12H,1-3H3,(H,24,27)(H,23,25,26);4-10H,11-13,19H2,1-3H3;1-7H,(H,13,14,15);4-6H,1-3H3;1-5H;1-3H,6H2,(H2,7,8);;. The number of amides is 1. The fraction of sp³-hybridized carbons (Fsp3) is 0.162. The van der Waals surface area contributed by atoms with E-state index in [0.717, 1.165) is 63.1 Å². The maximum Gasteiger partial charge on any atom is 0.373 e. The van der Waals surface area contributed by atoms with Crippen LogP contribution < -0.4 is 50.9 Å². The second-order valence-electron chi connectivity index (χ2n) is 22.7. The van der Waals surface area contributed by atoms with Crippen molar-refractivity contribution in [2.75, 3.05) is 71.8 Å². The zero-order chi connectivity index (χ0) is 77.8. The zero-order valence-electron chi connectivity index (χ0n) is 59.5. The van der Waals surface area contributed by atoms with E-state index in [2.05, 4.69) is 64.8 Å². The molecule has 0 fully saturated rings. The van der Waals surface area contributed by atoms with Gasteiger partial charge in [0.2, 0.25) is 11.5 Å². The van der Waals surface area contributed by atoms with Gasteiger partial charge in [0.25, 0.3) is 17.3 Å². The number of nitrogens with two attached hydrogens (primary N) is 3. The van der Waals surface area contributed by atoms with Crippen molar-refractivity contribution in [3.63, 3.8) is 0 Å². The summed E-state index contributed by atoms with van der Waals surface area (Å²) in [5.41, 5.74) is 26.3. The molecule has 0 saturated heterocycles. The molecule has 33 heteroatoms. The molecule has 13 rings (SSSR count). The first-order valence-electron chi connectivity index (χ1n) is 31.8. The number of non-ortho nitro benzene ring substituents is 2. The van der Waals surface area contributed by atoms with Gasteiger partial charge in [-0.3, -0.25) is 29.6 Å². The number of aromatic nitrogens is 10. The van der Waals surface area contributed by atoms with E-state index in [-0.39, 0.29) is 29.6 Å². The van der Waals surface area contributed by atoms with Crippen LogP contribution in [0.3, 0.4) is 0 Å². The number of nitro benzene ring substituents is 2. The highest BCUT2D eigenvalue weighted by molar-refractivity contribution is 6.76. The Bertz CT molecular complexity index is 4950. The minimum absolute atomic E-state index is 0.0630. The van der Waals surface area contributed by atoms with Crippen molar-refractivity contribution in [1.82, 2.24) is 49.4 Å². The third-order valence-corrected chi connectivity index (χ3v) is 16.3. The number of aromatic amines is 2. The molecule has 0 unspecified atom stereocenters. The molecule has 0 saturated carbocycles. The van der Waals surface area contributed by atoms with Crippen LogP contribution in [0, 0.1) is 20.2 Å². The van der Waals surface area contributed by atoms with Crippen LogP contribution in [-0.2, 0) is 30.6 Å². The molecule has 0 radical (unpaired) electrons. The molecule has 107 heavy (non-hydrogen) atoms. The summed E-state index contributed by atoms with van der Waals surface area (Å²) in [6.07, 6.45) is 7.26. The van der Waals surface area contributed by atoms with Crippen LogP contribution >= 0.6 is 0 Å². The third kappa shape index (κ3) is 24.2. The quantitative estimate of drug-likeness (QED) is 0.0153. The smallest absolute Gasteiger partial charge is 0.373 e. The lowest BCUT2D eigenvalue weighted by atomic mass is 10.1. The number of nitrogens with zero attached hydrogens (tertiary/aromatic N) is 10. The summed E-state index contributed by atoms with van der Waals surface area (Å²) in [6.45, 7) is 8.28. The van der Waals surface area contributed by atoms with Gasteiger partial charge in [-0.25, -0.2) is 34.9 Å². The van der Waals surface area contributed by atoms with Gasteiger partial charge in [0.05, 0.1) is 74.8 Å². The number of nitrogens with one attached hydrogen (secondary N) is 3. The van der Waals surface area contributed by atoms with Crippen molar-refractivity contribution >= 4 is 94.0 Å². The molecule has 32 nitrogen and oxygen atoms in total. The lowest BCUT2D eigenvalue weighted by molar-refractivity contribution is -0.385. The molecule has 7 heterocycles. The van der Waals surface area contributed by atoms with Gasteiger partial charge in [0, 0.05) is 91.8 Å². The molecule has 6 aromatic carbocycles. The van der Waals surface area contributed by atoms with Gasteiger partial charge in [0.15, 0.2) is 39.9 Å². The zero-order valence-corrected chi connectivity index (χ0v) is 60.5. The number of rotatable bonds is 18. The Balaban J connectivity index is 0.000000209. The Labute approximate surface area is 613 Å². The van der Waals surface area contributed by atoms with E-state index in [1.165, 1.54) is 45.6 Å². The number of pyridine rings is 4. The van der Waals surface area contributed by atoms with Crippen LogP contribution in [0.25, 0.3) is 67.7 Å². The molecule has 0 spiro atoms. The summed E-state index contributed by atoms with van der Waals surface area (Å²) >= 11 is 0. The largest absolute Gasteiger partial charge is 0.493 e. The molecule has 1 amide bonds. The lowest BCUT2D eigenvalue weighted by Crippen LogP contribution is -2.22. The number of methoxy groups -OCH3 is 6. The van der Waals surface area contributed by atoms with Crippen LogP contribution in [0.1, 0.15) is 10.4 Å². The van der Waals surface area contributed by atoms with Crippen molar-refractivity contribution < 1.29 is 67.0 Å². The fourth-order valence-electron chi connectivity index (χ4n) is 9.36. The van der Waals surface area contributed by atoms with Crippen LogP contribution in [0.2, 0.25) is 25.7 Å². The number of carbonyl (C=O) groups is 1. The number of para-hydroxylation sites is 2. The number of hydrogen-bond donors (Lipinski definition) is 6. The van der Waals surface area contributed by atoms with Gasteiger partial charge in [-0.2, -0.15) is 19.2 Å². The lowest BCUT2D eigenvalue weighted by Gasteiger charge is -2.16. The molecule has 0 atom stereocenters. The van der Waals surface area contributed by atoms with Gasteiger partial charge in [-0.15, -0.1) is 0 Å². The average molecular weight is 1470 g/mol. The number of imidazole rings is 3. The Morgan fingerprint density at radius 2 is 0.991 bits per heavy atom. The number of nitro groups is 2. The maximum atomic E-state index is 12.8. The molecule has 0 aliphatic rings. The van der Waals surface area contributed by atoms with Crippen molar-refractivity contribution in [2.45, 2.75) is 32.4 Å². The van der Waals surface area contributed by atoms with E-state index in [9.17, 15) is 25.0 Å². The van der Waals surface area contributed by atoms with E-state index in [1.54, 1.807) is 113 Å². The second kappa shape index (κ2) is 41.6. The highest BCUT2D eigenvalue weighted by atomic mass is 28.3. The molecule has 7 aromatic heterocycles. The van der Waals surface area contributed by atoms with E-state index in [4.69, 9.17) is 74.5 Å². The minimum atomic E-state index is -1.10. The molecule has 552 valence electrons. The van der Waals surface area contributed by atoms with Crippen LogP contribution in [0.4, 0.5) is 34.3 Å². The van der Waals surface area contributed by atoms with Crippen molar-refractivity contribution in [3.8, 4) is 68.7 Å². The predicted octanol–water partition coefficient (Wildman–Crippen LogP) is 12.8. The Hall–Kier alpha value is -14.3. The molecule has 13 aromatic rings. The van der Waals surface area contributed by atoms with Gasteiger partial charge in [-0.1, -0.05) is 43.9 Å². The monoisotopic (exact) mass is 1470 g/mol. The van der Waals surface area contributed by atoms with E-state index in [0.29, 0.717) is 86.9 Å². The van der Waals surface area contributed by atoms with Gasteiger partial charge in [0.1, 0.15) is 35.5 Å². The second-order valence-corrected chi connectivity index (χ2v) is 28.4. The fourth-order valence-corrected chi connectivity index (χ4v) is 10.1.